The highest BCUT2D eigenvalue weighted by atomic mass is 32.1. The van der Waals surface area contributed by atoms with Crippen LogP contribution in [0.5, 0.6) is 0 Å². The molecule has 0 saturated heterocycles. The molecular weight excluding hydrogens is 291 g/mol. The fourth-order valence-electron chi connectivity index (χ4n) is 1.53. The number of halogens is 3. The first-order chi connectivity index (χ1) is 9.38. The third kappa shape index (κ3) is 3.37. The molecule has 1 atom stereocenters. The number of benzene rings is 1. The van der Waals surface area contributed by atoms with E-state index in [0.717, 1.165) is 24.3 Å². The van der Waals surface area contributed by atoms with Gasteiger partial charge in [-0.2, -0.15) is 13.2 Å². The summed E-state index contributed by atoms with van der Waals surface area (Å²) in [4.78, 5) is 12.2. The Morgan fingerprint density at radius 1 is 1.20 bits per heavy atom. The standard InChI is InChI=1S/C13H10F3NO2S/c14-13(15,16)8-3-5-9(6-4-8)17-12(19)11(18)10-2-1-7-20-10/h1-7,11,18H,(H,17,19). The molecule has 0 radical (unpaired) electrons. The molecule has 0 bridgehead atoms. The minimum Gasteiger partial charge on any atom is -0.378 e. The summed E-state index contributed by atoms with van der Waals surface area (Å²) in [6.45, 7) is 0. The minimum absolute atomic E-state index is 0.193. The van der Waals surface area contributed by atoms with Gasteiger partial charge in [-0.1, -0.05) is 6.07 Å². The minimum atomic E-state index is -4.42. The topological polar surface area (TPSA) is 49.3 Å². The number of aliphatic hydroxyl groups excluding tert-OH is 1. The molecule has 0 spiro atoms. The summed E-state index contributed by atoms with van der Waals surface area (Å²) >= 11 is 1.22. The van der Waals surface area contributed by atoms with E-state index in [1.54, 1.807) is 17.5 Å². The van der Waals surface area contributed by atoms with Crippen LogP contribution in [0.25, 0.3) is 0 Å². The summed E-state index contributed by atoms with van der Waals surface area (Å²) in [7, 11) is 0. The molecule has 0 aliphatic heterocycles. The number of anilines is 1. The molecular formula is C13H10F3NO2S. The van der Waals surface area contributed by atoms with Gasteiger partial charge in [0.2, 0.25) is 0 Å². The molecule has 3 nitrogen and oxygen atoms in total. The van der Waals surface area contributed by atoms with Crippen molar-refractivity contribution in [2.24, 2.45) is 0 Å². The van der Waals surface area contributed by atoms with Gasteiger partial charge in [0.25, 0.3) is 5.91 Å². The predicted molar refractivity (Wildman–Crippen MR) is 69.4 cm³/mol. The van der Waals surface area contributed by atoms with Gasteiger partial charge in [-0.05, 0) is 35.7 Å². The molecule has 2 aromatic rings. The number of hydrogen-bond donors (Lipinski definition) is 2. The first kappa shape index (κ1) is 14.5. The van der Waals surface area contributed by atoms with Gasteiger partial charge in [-0.25, -0.2) is 0 Å². The van der Waals surface area contributed by atoms with Gasteiger partial charge in [-0.3, -0.25) is 4.79 Å². The van der Waals surface area contributed by atoms with Crippen molar-refractivity contribution < 1.29 is 23.1 Å². The molecule has 0 saturated carbocycles. The average molecular weight is 301 g/mol. The Kier molecular flexibility index (Phi) is 4.10. The van der Waals surface area contributed by atoms with Gasteiger partial charge < -0.3 is 10.4 Å². The van der Waals surface area contributed by atoms with E-state index in [0.29, 0.717) is 4.88 Å². The fourth-order valence-corrected chi connectivity index (χ4v) is 2.24. The SMILES string of the molecule is O=C(Nc1ccc(C(F)(F)F)cc1)C(O)c1cccs1. The normalized spacial score (nSPS) is 13.0. The third-order valence-corrected chi connectivity index (χ3v) is 3.47. The lowest BCUT2D eigenvalue weighted by Crippen LogP contribution is -2.20. The third-order valence-electron chi connectivity index (χ3n) is 2.54. The van der Waals surface area contributed by atoms with Crippen LogP contribution < -0.4 is 5.32 Å². The summed E-state index contributed by atoms with van der Waals surface area (Å²) in [5, 5.41) is 13.8. The highest BCUT2D eigenvalue weighted by molar-refractivity contribution is 7.10. The molecule has 2 rings (SSSR count). The van der Waals surface area contributed by atoms with E-state index in [1.165, 1.54) is 11.3 Å². The van der Waals surface area contributed by atoms with Crippen LogP contribution in [0, 0.1) is 0 Å². The van der Waals surface area contributed by atoms with Crippen molar-refractivity contribution in [1.82, 2.24) is 0 Å². The smallest absolute Gasteiger partial charge is 0.378 e. The van der Waals surface area contributed by atoms with E-state index in [-0.39, 0.29) is 5.69 Å². The molecule has 1 aromatic carbocycles. The van der Waals surface area contributed by atoms with E-state index in [9.17, 15) is 23.1 Å². The lowest BCUT2D eigenvalue weighted by Gasteiger charge is -2.11. The van der Waals surface area contributed by atoms with Crippen molar-refractivity contribution in [3.8, 4) is 0 Å². The maximum atomic E-state index is 12.4. The predicted octanol–water partition coefficient (Wildman–Crippen LogP) is 3.44. The number of alkyl halides is 3. The van der Waals surface area contributed by atoms with E-state index in [1.807, 2.05) is 0 Å². The number of aliphatic hydroxyl groups is 1. The summed E-state index contributed by atoms with van der Waals surface area (Å²) < 4.78 is 37.1. The molecule has 2 N–H and O–H groups in total. The molecule has 1 unspecified atom stereocenters. The quantitative estimate of drug-likeness (QED) is 0.912. The van der Waals surface area contributed by atoms with Crippen molar-refractivity contribution in [1.29, 1.82) is 0 Å². The molecule has 0 aliphatic rings. The van der Waals surface area contributed by atoms with E-state index in [2.05, 4.69) is 5.32 Å². The second-order valence-electron chi connectivity index (χ2n) is 3.98. The van der Waals surface area contributed by atoms with Crippen LogP contribution >= 0.6 is 11.3 Å². The van der Waals surface area contributed by atoms with Crippen LogP contribution in [0.1, 0.15) is 16.5 Å². The van der Waals surface area contributed by atoms with Crippen LogP contribution in [0.2, 0.25) is 0 Å². The zero-order valence-corrected chi connectivity index (χ0v) is 10.8. The van der Waals surface area contributed by atoms with E-state index in [4.69, 9.17) is 0 Å². The Balaban J connectivity index is 2.05. The second kappa shape index (κ2) is 5.64. The zero-order chi connectivity index (χ0) is 14.8. The molecule has 7 heteroatoms. The van der Waals surface area contributed by atoms with Crippen molar-refractivity contribution >= 4 is 22.9 Å². The number of thiophene rings is 1. The Morgan fingerprint density at radius 3 is 2.35 bits per heavy atom. The van der Waals surface area contributed by atoms with Crippen LogP contribution in [-0.2, 0) is 11.0 Å². The first-order valence-corrected chi connectivity index (χ1v) is 6.45. The van der Waals surface area contributed by atoms with Gasteiger partial charge in [-0.15, -0.1) is 11.3 Å². The molecule has 0 fully saturated rings. The van der Waals surface area contributed by atoms with Gasteiger partial charge in [0, 0.05) is 10.6 Å². The van der Waals surface area contributed by atoms with Gasteiger partial charge >= 0.3 is 6.18 Å². The van der Waals surface area contributed by atoms with E-state index >= 15 is 0 Å². The van der Waals surface area contributed by atoms with Crippen molar-refractivity contribution in [3.05, 3.63) is 52.2 Å². The highest BCUT2D eigenvalue weighted by Gasteiger charge is 2.30. The molecule has 1 amide bonds. The van der Waals surface area contributed by atoms with Crippen LogP contribution in [0.15, 0.2) is 41.8 Å². The molecule has 20 heavy (non-hydrogen) atoms. The summed E-state index contributed by atoms with van der Waals surface area (Å²) in [6, 6.07) is 7.31. The number of carbonyl (C=O) groups is 1. The summed E-state index contributed by atoms with van der Waals surface area (Å²) in [5.74, 6) is -0.688. The van der Waals surface area contributed by atoms with Gasteiger partial charge in [0.15, 0.2) is 6.10 Å². The number of hydrogen-bond acceptors (Lipinski definition) is 3. The molecule has 1 heterocycles. The maximum Gasteiger partial charge on any atom is 0.416 e. The van der Waals surface area contributed by atoms with Crippen LogP contribution in [0.4, 0.5) is 18.9 Å². The Morgan fingerprint density at radius 2 is 1.85 bits per heavy atom. The van der Waals surface area contributed by atoms with Crippen molar-refractivity contribution in [2.45, 2.75) is 12.3 Å². The number of rotatable bonds is 3. The Hall–Kier alpha value is -1.86. The number of nitrogens with one attached hydrogen (secondary N) is 1. The van der Waals surface area contributed by atoms with Crippen molar-refractivity contribution in [3.63, 3.8) is 0 Å². The zero-order valence-electron chi connectivity index (χ0n) is 10.0. The van der Waals surface area contributed by atoms with Crippen LogP contribution in [-0.4, -0.2) is 11.0 Å². The van der Waals surface area contributed by atoms with Crippen LogP contribution in [0.3, 0.4) is 0 Å². The molecule has 1 aromatic heterocycles. The number of carbonyl (C=O) groups excluding carboxylic acids is 1. The monoisotopic (exact) mass is 301 g/mol. The highest BCUT2D eigenvalue weighted by Crippen LogP contribution is 2.30. The largest absolute Gasteiger partial charge is 0.416 e. The maximum absolute atomic E-state index is 12.4. The van der Waals surface area contributed by atoms with Gasteiger partial charge in [0.1, 0.15) is 0 Å². The lowest BCUT2D eigenvalue weighted by atomic mass is 10.2. The average Bonchev–Trinajstić information content (AvgIpc) is 2.91. The second-order valence-corrected chi connectivity index (χ2v) is 4.96. The fraction of sp³-hybridized carbons (Fsp3) is 0.154. The lowest BCUT2D eigenvalue weighted by molar-refractivity contribution is -0.137. The molecule has 106 valence electrons. The van der Waals surface area contributed by atoms with E-state index < -0.39 is 23.8 Å². The summed E-state index contributed by atoms with van der Waals surface area (Å²) in [5.41, 5.74) is -0.604. The first-order valence-electron chi connectivity index (χ1n) is 5.57. The van der Waals surface area contributed by atoms with Crippen molar-refractivity contribution in [2.75, 3.05) is 5.32 Å². The number of amides is 1. The van der Waals surface area contributed by atoms with Gasteiger partial charge in [0.05, 0.1) is 5.56 Å². The Bertz CT molecular complexity index is 579. The summed E-state index contributed by atoms with van der Waals surface area (Å²) in [6.07, 6.45) is -5.75. The Labute approximate surface area is 116 Å². The molecule has 0 aliphatic carbocycles.